The van der Waals surface area contributed by atoms with E-state index in [0.717, 1.165) is 30.7 Å². The number of methoxy groups -OCH3 is 2. The lowest BCUT2D eigenvalue weighted by atomic mass is 10.2. The molecule has 2 fully saturated rings. The van der Waals surface area contributed by atoms with Crippen LogP contribution in [0.5, 0.6) is 0 Å². The topological polar surface area (TPSA) is 122 Å². The Morgan fingerprint density at radius 3 is 1.58 bits per heavy atom. The molecule has 1 saturated carbocycles. The number of pyridine rings is 2. The van der Waals surface area contributed by atoms with Gasteiger partial charge in [-0.1, -0.05) is 12.1 Å². The van der Waals surface area contributed by atoms with E-state index in [4.69, 9.17) is 28.4 Å². The van der Waals surface area contributed by atoms with E-state index in [9.17, 15) is 9.59 Å². The van der Waals surface area contributed by atoms with Gasteiger partial charge >= 0.3 is 11.9 Å². The number of carbonyl (C=O) groups excluding carboxylic acids is 2. The lowest BCUT2D eigenvalue weighted by molar-refractivity contribution is -0.0669. The number of nitrogens with zero attached hydrogens (tertiary/aromatic N) is 4. The summed E-state index contributed by atoms with van der Waals surface area (Å²) < 4.78 is 34.1. The second-order valence-electron chi connectivity index (χ2n) is 10.5. The van der Waals surface area contributed by atoms with Crippen LogP contribution in [0.3, 0.4) is 0 Å². The van der Waals surface area contributed by atoms with Gasteiger partial charge in [0.05, 0.1) is 77.5 Å². The second-order valence-corrected chi connectivity index (χ2v) is 10.5. The summed E-state index contributed by atoms with van der Waals surface area (Å²) in [5.41, 5.74) is 2.16. The fourth-order valence-electron chi connectivity index (χ4n) is 5.22. The Morgan fingerprint density at radius 2 is 1.14 bits per heavy atom. The molecule has 4 rings (SSSR count). The van der Waals surface area contributed by atoms with Crippen molar-refractivity contribution < 1.29 is 38.0 Å². The molecule has 43 heavy (non-hydrogen) atoms. The molecule has 1 aliphatic carbocycles. The fourth-order valence-corrected chi connectivity index (χ4v) is 5.22. The summed E-state index contributed by atoms with van der Waals surface area (Å²) in [5.74, 6) is -0.902. The van der Waals surface area contributed by atoms with Crippen molar-refractivity contribution in [2.75, 3.05) is 80.0 Å². The number of hydrogen-bond acceptors (Lipinski definition) is 12. The van der Waals surface area contributed by atoms with Crippen LogP contribution in [0.15, 0.2) is 36.4 Å². The smallest absolute Gasteiger partial charge is 0.356 e. The van der Waals surface area contributed by atoms with Gasteiger partial charge in [0, 0.05) is 39.3 Å². The van der Waals surface area contributed by atoms with E-state index in [1.807, 2.05) is 24.3 Å². The Kier molecular flexibility index (Phi) is 13.7. The third-order valence-corrected chi connectivity index (χ3v) is 7.52. The van der Waals surface area contributed by atoms with Crippen molar-refractivity contribution in [2.24, 2.45) is 0 Å². The minimum atomic E-state index is -0.451. The third-order valence-electron chi connectivity index (χ3n) is 7.52. The monoisotopic (exact) mass is 600 g/mol. The van der Waals surface area contributed by atoms with Gasteiger partial charge in [-0.2, -0.15) is 0 Å². The Balaban J connectivity index is 1.34. The molecule has 0 radical (unpaired) electrons. The van der Waals surface area contributed by atoms with Gasteiger partial charge < -0.3 is 28.4 Å². The molecule has 3 heterocycles. The maximum Gasteiger partial charge on any atom is 0.356 e. The Morgan fingerprint density at radius 1 is 0.698 bits per heavy atom. The van der Waals surface area contributed by atoms with Crippen LogP contribution in [0.2, 0.25) is 0 Å². The van der Waals surface area contributed by atoms with Crippen molar-refractivity contribution in [1.29, 1.82) is 0 Å². The molecular weight excluding hydrogens is 556 g/mol. The standard InChI is InChI=1S/C31H44N4O8/c1-38-30(36)26-8-3-6-24(32-26)22-34-12-16-40-20-21-41-17-13-35(23-25-7-4-9-27(33-25)31(37)39-2)15-19-43-29-11-5-10-28(29)42-18-14-34/h3-4,6-9,28-29H,5,10-23H2,1-2H3/t28-,29-/m1/s1. The molecule has 2 aromatic heterocycles. The lowest BCUT2D eigenvalue weighted by Crippen LogP contribution is -2.36. The van der Waals surface area contributed by atoms with Crippen molar-refractivity contribution in [3.63, 3.8) is 0 Å². The van der Waals surface area contributed by atoms with Gasteiger partial charge in [0.15, 0.2) is 0 Å². The lowest BCUT2D eigenvalue weighted by Gasteiger charge is -2.27. The first kappa shape index (κ1) is 32.9. The van der Waals surface area contributed by atoms with Gasteiger partial charge in [0.25, 0.3) is 0 Å². The zero-order chi connectivity index (χ0) is 30.3. The minimum absolute atomic E-state index is 0.0490. The van der Waals surface area contributed by atoms with Crippen LogP contribution in [-0.4, -0.2) is 124 Å². The molecule has 0 spiro atoms. The van der Waals surface area contributed by atoms with E-state index in [2.05, 4.69) is 19.8 Å². The Labute approximate surface area is 253 Å². The number of carbonyl (C=O) groups is 2. The number of aromatic nitrogens is 2. The van der Waals surface area contributed by atoms with E-state index in [1.165, 1.54) is 14.2 Å². The Hall–Kier alpha value is -3.00. The summed E-state index contributed by atoms with van der Waals surface area (Å²) in [5, 5.41) is 0. The average molecular weight is 601 g/mol. The minimum Gasteiger partial charge on any atom is -0.464 e. The highest BCUT2D eigenvalue weighted by molar-refractivity contribution is 5.87. The number of rotatable bonds is 6. The first-order valence-electron chi connectivity index (χ1n) is 15.0. The predicted molar refractivity (Wildman–Crippen MR) is 157 cm³/mol. The second kappa shape index (κ2) is 18.0. The molecule has 1 saturated heterocycles. The molecule has 236 valence electrons. The highest BCUT2D eigenvalue weighted by Crippen LogP contribution is 2.25. The predicted octanol–water partition coefficient (Wildman–Crippen LogP) is 2.36. The molecule has 0 bridgehead atoms. The van der Waals surface area contributed by atoms with Crippen LogP contribution in [0.4, 0.5) is 0 Å². The average Bonchev–Trinajstić information content (AvgIpc) is 3.48. The summed E-state index contributed by atoms with van der Waals surface area (Å²) in [6.45, 7) is 7.01. The maximum atomic E-state index is 11.9. The van der Waals surface area contributed by atoms with Crippen LogP contribution >= 0.6 is 0 Å². The van der Waals surface area contributed by atoms with E-state index >= 15 is 0 Å². The van der Waals surface area contributed by atoms with Crippen LogP contribution in [0.25, 0.3) is 0 Å². The van der Waals surface area contributed by atoms with Crippen molar-refractivity contribution in [3.05, 3.63) is 59.2 Å². The maximum absolute atomic E-state index is 11.9. The molecule has 0 amide bonds. The summed E-state index contributed by atoms with van der Waals surface area (Å²) in [7, 11) is 2.71. The number of hydrogen-bond donors (Lipinski definition) is 0. The summed E-state index contributed by atoms with van der Waals surface area (Å²) in [6.07, 6.45) is 3.11. The number of esters is 2. The first-order valence-corrected chi connectivity index (χ1v) is 15.0. The molecule has 0 aromatic carbocycles. The highest BCUT2D eigenvalue weighted by Gasteiger charge is 2.29. The van der Waals surface area contributed by atoms with E-state index in [-0.39, 0.29) is 12.2 Å². The zero-order valence-electron chi connectivity index (χ0n) is 25.3. The molecule has 12 heteroatoms. The van der Waals surface area contributed by atoms with E-state index in [1.54, 1.807) is 12.1 Å². The molecule has 12 nitrogen and oxygen atoms in total. The number of fused-ring (bicyclic) bond motifs is 1. The zero-order valence-corrected chi connectivity index (χ0v) is 25.3. The van der Waals surface area contributed by atoms with Crippen LogP contribution in [0.1, 0.15) is 51.6 Å². The van der Waals surface area contributed by atoms with Crippen molar-refractivity contribution in [1.82, 2.24) is 19.8 Å². The molecule has 1 aliphatic heterocycles. The van der Waals surface area contributed by atoms with Crippen molar-refractivity contribution in [2.45, 2.75) is 44.6 Å². The molecular formula is C31H44N4O8. The van der Waals surface area contributed by atoms with Gasteiger partial charge in [0.1, 0.15) is 11.4 Å². The van der Waals surface area contributed by atoms with Crippen molar-refractivity contribution >= 4 is 11.9 Å². The van der Waals surface area contributed by atoms with E-state index < -0.39 is 11.9 Å². The molecule has 2 aliphatic rings. The molecule has 2 atom stereocenters. The van der Waals surface area contributed by atoms with Crippen LogP contribution < -0.4 is 0 Å². The first-order chi connectivity index (χ1) is 21.1. The van der Waals surface area contributed by atoms with Gasteiger partial charge in [-0.15, -0.1) is 0 Å². The van der Waals surface area contributed by atoms with Gasteiger partial charge in [-0.05, 0) is 43.5 Å². The SMILES string of the molecule is COC(=O)c1cccc(CN2CCOCCOCCN(Cc3cccc(C(=O)OC)n3)CCO[C@@H]3CCC[C@H]3OCC2)n1. The molecule has 0 unspecified atom stereocenters. The van der Waals surface area contributed by atoms with Gasteiger partial charge in [-0.25, -0.2) is 19.6 Å². The largest absolute Gasteiger partial charge is 0.464 e. The Bertz CT molecular complexity index is 1060. The van der Waals surface area contributed by atoms with Crippen LogP contribution in [-0.2, 0) is 41.5 Å². The van der Waals surface area contributed by atoms with E-state index in [0.29, 0.717) is 90.3 Å². The fraction of sp³-hybridized carbons (Fsp3) is 0.613. The quantitative estimate of drug-likeness (QED) is 0.453. The third kappa shape index (κ3) is 10.9. The summed E-state index contributed by atoms with van der Waals surface area (Å²) >= 11 is 0. The van der Waals surface area contributed by atoms with Gasteiger partial charge in [-0.3, -0.25) is 9.80 Å². The van der Waals surface area contributed by atoms with Crippen LogP contribution in [0, 0.1) is 0 Å². The highest BCUT2D eigenvalue weighted by atomic mass is 16.5. The summed E-state index contributed by atoms with van der Waals surface area (Å²) in [6, 6.07) is 10.8. The molecule has 2 aromatic rings. The van der Waals surface area contributed by atoms with Gasteiger partial charge in [0.2, 0.25) is 0 Å². The summed E-state index contributed by atoms with van der Waals surface area (Å²) in [4.78, 5) is 37.3. The van der Waals surface area contributed by atoms with Crippen molar-refractivity contribution in [3.8, 4) is 0 Å². The number of ether oxygens (including phenoxy) is 6. The normalized spacial score (nSPS) is 22.2. The molecule has 0 N–H and O–H groups in total.